The van der Waals surface area contributed by atoms with Gasteiger partial charge in [0.2, 0.25) is 5.89 Å². The minimum atomic E-state index is 0.197. The van der Waals surface area contributed by atoms with Crippen molar-refractivity contribution in [3.8, 4) is 0 Å². The molecule has 6 nitrogen and oxygen atoms in total. The number of nitrogens with zero attached hydrogens (tertiary/aromatic N) is 2. The van der Waals surface area contributed by atoms with Gasteiger partial charge in [-0.2, -0.15) is 0 Å². The van der Waals surface area contributed by atoms with Gasteiger partial charge in [0.1, 0.15) is 0 Å². The molecule has 3 aromatic rings. The third-order valence-corrected chi connectivity index (χ3v) is 4.79. The summed E-state index contributed by atoms with van der Waals surface area (Å²) in [5.74, 6) is 1.07. The van der Waals surface area contributed by atoms with Gasteiger partial charge < -0.3 is 20.8 Å². The van der Waals surface area contributed by atoms with Crippen LogP contribution in [0.15, 0.2) is 22.6 Å². The molecule has 0 amide bonds. The number of hydrogen-bond donors (Lipinski definition) is 3. The number of oxazole rings is 1. The normalized spacial score (nSPS) is 12.3. The Morgan fingerprint density at radius 1 is 1.11 bits per heavy atom. The molecule has 1 aromatic carbocycles. The summed E-state index contributed by atoms with van der Waals surface area (Å²) in [6.45, 7) is 11.2. The van der Waals surface area contributed by atoms with Crippen molar-refractivity contribution in [2.24, 2.45) is 0 Å². The van der Waals surface area contributed by atoms with Crippen LogP contribution in [0.1, 0.15) is 58.4 Å². The number of aryl methyl sites for hydroxylation is 1. The molecule has 0 bridgehead atoms. The topological polar surface area (TPSA) is 89.0 Å². The number of fused-ring (bicyclic) bond motifs is 3. The summed E-state index contributed by atoms with van der Waals surface area (Å²) < 4.78 is 5.96. The van der Waals surface area contributed by atoms with E-state index in [4.69, 9.17) is 10.2 Å². The lowest BCUT2D eigenvalue weighted by atomic mass is 10.0. The van der Waals surface area contributed by atoms with E-state index in [0.717, 1.165) is 36.0 Å². The van der Waals surface area contributed by atoms with Crippen molar-refractivity contribution < 1.29 is 4.42 Å². The molecular formula is C22H33N5O. The van der Waals surface area contributed by atoms with Crippen LogP contribution in [-0.2, 0) is 13.0 Å². The Morgan fingerprint density at radius 2 is 1.93 bits per heavy atom. The maximum Gasteiger partial charge on any atom is 0.209 e. The average molecular weight is 384 g/mol. The molecule has 0 spiro atoms. The van der Waals surface area contributed by atoms with Crippen LogP contribution >= 0.6 is 0 Å². The first kappa shape index (κ1) is 20.6. The van der Waals surface area contributed by atoms with Crippen LogP contribution < -0.4 is 16.4 Å². The number of nitrogens with one attached hydrogen (secondary N) is 2. The molecule has 2 aromatic heterocycles. The summed E-state index contributed by atoms with van der Waals surface area (Å²) >= 11 is 0. The summed E-state index contributed by atoms with van der Waals surface area (Å²) in [7, 11) is 0. The number of pyridine rings is 1. The molecule has 28 heavy (non-hydrogen) atoms. The van der Waals surface area contributed by atoms with Crippen LogP contribution in [0, 0.1) is 0 Å². The lowest BCUT2D eigenvalue weighted by Crippen LogP contribution is -2.36. The number of nitrogens with two attached hydrogens (primary N) is 1. The second kappa shape index (κ2) is 8.88. The molecule has 0 aliphatic heterocycles. The molecule has 0 radical (unpaired) electrons. The Balaban J connectivity index is 1.67. The van der Waals surface area contributed by atoms with Crippen molar-refractivity contribution >= 4 is 27.8 Å². The summed E-state index contributed by atoms with van der Waals surface area (Å²) in [5.41, 5.74) is 9.89. The first-order valence-corrected chi connectivity index (χ1v) is 10.3. The zero-order valence-corrected chi connectivity index (χ0v) is 17.6. The van der Waals surface area contributed by atoms with Crippen molar-refractivity contribution in [3.63, 3.8) is 0 Å². The first-order valence-electron chi connectivity index (χ1n) is 10.3. The highest BCUT2D eigenvalue weighted by atomic mass is 16.3. The van der Waals surface area contributed by atoms with Crippen molar-refractivity contribution in [3.05, 3.63) is 29.7 Å². The molecule has 0 atom stereocenters. The molecule has 4 N–H and O–H groups in total. The minimum absolute atomic E-state index is 0.197. The van der Waals surface area contributed by atoms with Gasteiger partial charge in [0.25, 0.3) is 0 Å². The predicted octanol–water partition coefficient (Wildman–Crippen LogP) is 4.17. The summed E-state index contributed by atoms with van der Waals surface area (Å²) in [6, 6.07) is 6.38. The molecule has 6 heteroatoms. The van der Waals surface area contributed by atoms with Crippen molar-refractivity contribution in [1.29, 1.82) is 0 Å². The van der Waals surface area contributed by atoms with Gasteiger partial charge in [0.05, 0.1) is 12.1 Å². The highest BCUT2D eigenvalue weighted by molar-refractivity contribution is 6.04. The van der Waals surface area contributed by atoms with E-state index in [1.165, 1.54) is 24.8 Å². The van der Waals surface area contributed by atoms with Gasteiger partial charge in [-0.05, 0) is 70.8 Å². The summed E-state index contributed by atoms with van der Waals surface area (Å²) in [5, 5.41) is 7.73. The van der Waals surface area contributed by atoms with Gasteiger partial charge in [-0.3, -0.25) is 0 Å². The minimum Gasteiger partial charge on any atom is -0.438 e. The standard InChI is InChI=1S/C22H33N5O/c1-5-24-14-18-27-19-20(28-18)16-11-10-15(13-17(16)26-21(19)23)9-7-6-8-12-25-22(2,3)4/h10-11,13,24-25H,5-9,12,14H2,1-4H3,(H2,23,26). The van der Waals surface area contributed by atoms with E-state index in [2.05, 4.69) is 66.5 Å². The Morgan fingerprint density at radius 3 is 2.68 bits per heavy atom. The van der Waals surface area contributed by atoms with E-state index in [9.17, 15) is 0 Å². The number of aromatic nitrogens is 2. The quantitative estimate of drug-likeness (QED) is 0.481. The molecule has 3 rings (SSSR count). The number of rotatable bonds is 9. The van der Waals surface area contributed by atoms with Crippen LogP contribution in [0.4, 0.5) is 5.82 Å². The number of hydrogen-bond acceptors (Lipinski definition) is 6. The molecule has 152 valence electrons. The largest absolute Gasteiger partial charge is 0.438 e. The third kappa shape index (κ3) is 5.20. The van der Waals surface area contributed by atoms with Gasteiger partial charge >= 0.3 is 0 Å². The fourth-order valence-electron chi connectivity index (χ4n) is 3.32. The molecule has 0 saturated heterocycles. The second-order valence-corrected chi connectivity index (χ2v) is 8.40. The Kier molecular flexibility index (Phi) is 6.52. The fourth-order valence-corrected chi connectivity index (χ4v) is 3.32. The van der Waals surface area contributed by atoms with Crippen molar-refractivity contribution in [1.82, 2.24) is 20.6 Å². The van der Waals surface area contributed by atoms with Gasteiger partial charge in [-0.1, -0.05) is 19.4 Å². The molecule has 0 aliphatic rings. The molecule has 0 fully saturated rings. The number of unbranched alkanes of at least 4 members (excludes halogenated alkanes) is 2. The fraction of sp³-hybridized carbons (Fsp3) is 0.545. The molecule has 2 heterocycles. The smallest absolute Gasteiger partial charge is 0.209 e. The van der Waals surface area contributed by atoms with Crippen LogP contribution in [0.5, 0.6) is 0 Å². The van der Waals surface area contributed by atoms with E-state index in [0.29, 0.717) is 23.8 Å². The Hall–Kier alpha value is -2.18. The van der Waals surface area contributed by atoms with Crippen molar-refractivity contribution in [2.45, 2.75) is 65.5 Å². The average Bonchev–Trinajstić information content (AvgIpc) is 3.07. The zero-order chi connectivity index (χ0) is 20.1. The summed E-state index contributed by atoms with van der Waals surface area (Å²) in [6.07, 6.45) is 4.63. The van der Waals surface area contributed by atoms with E-state index in [1.807, 2.05) is 0 Å². The second-order valence-electron chi connectivity index (χ2n) is 8.40. The van der Waals surface area contributed by atoms with Gasteiger partial charge in [-0.25, -0.2) is 9.97 Å². The number of anilines is 1. The van der Waals surface area contributed by atoms with Crippen LogP contribution in [0.2, 0.25) is 0 Å². The first-order chi connectivity index (χ1) is 13.4. The Bertz CT molecular complexity index is 926. The lowest BCUT2D eigenvalue weighted by Gasteiger charge is -2.20. The molecule has 0 unspecified atom stereocenters. The van der Waals surface area contributed by atoms with E-state index < -0.39 is 0 Å². The number of nitrogen functional groups attached to an aromatic ring is 1. The van der Waals surface area contributed by atoms with Crippen molar-refractivity contribution in [2.75, 3.05) is 18.8 Å². The van der Waals surface area contributed by atoms with Gasteiger partial charge in [0.15, 0.2) is 16.9 Å². The molecule has 0 saturated carbocycles. The SMILES string of the molecule is CCNCc1nc2c(N)nc3cc(CCCCCNC(C)(C)C)ccc3c2o1. The van der Waals surface area contributed by atoms with Crippen LogP contribution in [0.3, 0.4) is 0 Å². The van der Waals surface area contributed by atoms with Crippen LogP contribution in [-0.4, -0.2) is 28.6 Å². The maximum atomic E-state index is 6.14. The summed E-state index contributed by atoms with van der Waals surface area (Å²) in [4.78, 5) is 9.06. The highest BCUT2D eigenvalue weighted by Gasteiger charge is 2.14. The maximum absolute atomic E-state index is 6.14. The van der Waals surface area contributed by atoms with E-state index >= 15 is 0 Å². The molecule has 0 aliphatic carbocycles. The molecular weight excluding hydrogens is 350 g/mol. The zero-order valence-electron chi connectivity index (χ0n) is 17.6. The van der Waals surface area contributed by atoms with E-state index in [1.54, 1.807) is 0 Å². The van der Waals surface area contributed by atoms with Crippen LogP contribution in [0.25, 0.3) is 22.0 Å². The lowest BCUT2D eigenvalue weighted by molar-refractivity contribution is 0.417. The van der Waals surface area contributed by atoms with Gasteiger partial charge in [-0.15, -0.1) is 0 Å². The predicted molar refractivity (Wildman–Crippen MR) is 116 cm³/mol. The monoisotopic (exact) mass is 383 g/mol. The number of benzene rings is 1. The van der Waals surface area contributed by atoms with E-state index in [-0.39, 0.29) is 5.54 Å². The van der Waals surface area contributed by atoms with Gasteiger partial charge in [0, 0.05) is 10.9 Å². The highest BCUT2D eigenvalue weighted by Crippen LogP contribution is 2.29. The Labute approximate surface area is 167 Å². The third-order valence-electron chi connectivity index (χ3n) is 4.79.